The summed E-state index contributed by atoms with van der Waals surface area (Å²) in [4.78, 5) is 25.9. The standard InChI is InChI=1S/C18H16FNO4/c1-23-18(22)16-11-20(14-8-4-5-9-15(14)24-16)17(21)10-12-6-2-3-7-13(12)19/h2-9,16H,10-11H2,1H3. The summed E-state index contributed by atoms with van der Waals surface area (Å²) in [6.07, 6.45) is -1.01. The Hall–Kier alpha value is -2.89. The maximum Gasteiger partial charge on any atom is 0.348 e. The number of esters is 1. The van der Waals surface area contributed by atoms with Gasteiger partial charge in [-0.25, -0.2) is 9.18 Å². The number of nitrogens with zero attached hydrogens (tertiary/aromatic N) is 1. The number of carbonyl (C=O) groups is 2. The summed E-state index contributed by atoms with van der Waals surface area (Å²) in [7, 11) is 1.26. The fourth-order valence-corrected chi connectivity index (χ4v) is 2.62. The molecular formula is C18H16FNO4. The number of ether oxygens (including phenoxy) is 2. The van der Waals surface area contributed by atoms with Crippen LogP contribution in [-0.2, 0) is 20.7 Å². The molecule has 0 saturated heterocycles. The third-order valence-corrected chi connectivity index (χ3v) is 3.84. The topological polar surface area (TPSA) is 55.8 Å². The summed E-state index contributed by atoms with van der Waals surface area (Å²) in [6.45, 7) is 0.0248. The predicted octanol–water partition coefficient (Wildman–Crippen LogP) is 2.34. The second-order valence-corrected chi connectivity index (χ2v) is 5.37. The fraction of sp³-hybridized carbons (Fsp3) is 0.222. The van der Waals surface area contributed by atoms with Crippen LogP contribution in [0.15, 0.2) is 48.5 Å². The Morgan fingerprint density at radius 3 is 2.67 bits per heavy atom. The zero-order valence-electron chi connectivity index (χ0n) is 13.1. The van der Waals surface area contributed by atoms with E-state index in [1.807, 2.05) is 0 Å². The van der Waals surface area contributed by atoms with Crippen molar-refractivity contribution in [1.82, 2.24) is 0 Å². The quantitative estimate of drug-likeness (QED) is 0.811. The van der Waals surface area contributed by atoms with Crippen LogP contribution >= 0.6 is 0 Å². The number of anilines is 1. The number of methoxy groups -OCH3 is 1. The second kappa shape index (κ2) is 6.70. The van der Waals surface area contributed by atoms with Gasteiger partial charge < -0.3 is 14.4 Å². The van der Waals surface area contributed by atoms with Crippen LogP contribution in [0.3, 0.4) is 0 Å². The third kappa shape index (κ3) is 3.08. The van der Waals surface area contributed by atoms with Gasteiger partial charge in [0.25, 0.3) is 0 Å². The molecule has 0 aromatic heterocycles. The molecule has 0 saturated carbocycles. The molecule has 0 spiro atoms. The molecule has 124 valence electrons. The molecule has 6 heteroatoms. The highest BCUT2D eigenvalue weighted by Crippen LogP contribution is 2.33. The number of para-hydroxylation sites is 2. The molecule has 2 aromatic rings. The third-order valence-electron chi connectivity index (χ3n) is 3.84. The zero-order chi connectivity index (χ0) is 17.1. The Balaban J connectivity index is 1.89. The van der Waals surface area contributed by atoms with Crippen LogP contribution < -0.4 is 9.64 Å². The molecule has 0 N–H and O–H groups in total. The van der Waals surface area contributed by atoms with E-state index in [1.54, 1.807) is 42.5 Å². The smallest absolute Gasteiger partial charge is 0.348 e. The molecule has 1 amide bonds. The molecule has 2 aromatic carbocycles. The molecule has 1 atom stereocenters. The highest BCUT2D eigenvalue weighted by atomic mass is 19.1. The van der Waals surface area contributed by atoms with Crippen molar-refractivity contribution in [2.24, 2.45) is 0 Å². The Labute approximate surface area is 138 Å². The van der Waals surface area contributed by atoms with Crippen LogP contribution in [0, 0.1) is 5.82 Å². The number of hydrogen-bond donors (Lipinski definition) is 0. The number of halogens is 1. The number of rotatable bonds is 3. The molecule has 5 nitrogen and oxygen atoms in total. The van der Waals surface area contributed by atoms with Crippen molar-refractivity contribution < 1.29 is 23.5 Å². The zero-order valence-corrected chi connectivity index (χ0v) is 13.1. The lowest BCUT2D eigenvalue weighted by atomic mass is 10.1. The summed E-state index contributed by atoms with van der Waals surface area (Å²) in [5, 5.41) is 0. The van der Waals surface area contributed by atoms with Crippen molar-refractivity contribution in [3.05, 3.63) is 59.9 Å². The Morgan fingerprint density at radius 2 is 1.92 bits per heavy atom. The van der Waals surface area contributed by atoms with Gasteiger partial charge in [0, 0.05) is 0 Å². The van der Waals surface area contributed by atoms with Gasteiger partial charge in [0.05, 0.1) is 25.8 Å². The Kier molecular flexibility index (Phi) is 4.46. The minimum absolute atomic E-state index is 0.0248. The van der Waals surface area contributed by atoms with E-state index in [9.17, 15) is 14.0 Å². The van der Waals surface area contributed by atoms with E-state index in [0.29, 0.717) is 17.0 Å². The van der Waals surface area contributed by atoms with Gasteiger partial charge in [0.1, 0.15) is 11.6 Å². The monoisotopic (exact) mass is 329 g/mol. The van der Waals surface area contributed by atoms with Gasteiger partial charge in [-0.3, -0.25) is 4.79 Å². The van der Waals surface area contributed by atoms with Crippen LogP contribution in [0.25, 0.3) is 0 Å². The van der Waals surface area contributed by atoms with Gasteiger partial charge in [-0.1, -0.05) is 30.3 Å². The average Bonchev–Trinajstić information content (AvgIpc) is 2.61. The molecule has 1 aliphatic rings. The maximum atomic E-state index is 13.8. The van der Waals surface area contributed by atoms with Crippen LogP contribution in [0.4, 0.5) is 10.1 Å². The van der Waals surface area contributed by atoms with E-state index in [-0.39, 0.29) is 18.9 Å². The minimum Gasteiger partial charge on any atom is -0.475 e. The van der Waals surface area contributed by atoms with Gasteiger partial charge in [-0.2, -0.15) is 0 Å². The first-order chi connectivity index (χ1) is 11.6. The summed E-state index contributed by atoms with van der Waals surface area (Å²) in [5.41, 5.74) is 0.861. The summed E-state index contributed by atoms with van der Waals surface area (Å²) < 4.78 is 24.1. The van der Waals surface area contributed by atoms with Gasteiger partial charge in [-0.15, -0.1) is 0 Å². The first-order valence-electron chi connectivity index (χ1n) is 7.47. The van der Waals surface area contributed by atoms with Crippen molar-refractivity contribution >= 4 is 17.6 Å². The number of benzene rings is 2. The lowest BCUT2D eigenvalue weighted by molar-refractivity contribution is -0.148. The number of carbonyl (C=O) groups excluding carboxylic acids is 2. The van der Waals surface area contributed by atoms with E-state index in [2.05, 4.69) is 0 Å². The van der Waals surface area contributed by atoms with Crippen LogP contribution in [-0.4, -0.2) is 31.6 Å². The fourth-order valence-electron chi connectivity index (χ4n) is 2.62. The van der Waals surface area contributed by atoms with Crippen LogP contribution in [0.5, 0.6) is 5.75 Å². The number of fused-ring (bicyclic) bond motifs is 1. The highest BCUT2D eigenvalue weighted by Gasteiger charge is 2.34. The molecule has 3 rings (SSSR count). The average molecular weight is 329 g/mol. The molecule has 0 bridgehead atoms. The van der Waals surface area contributed by atoms with Gasteiger partial charge in [0.15, 0.2) is 0 Å². The molecule has 1 aliphatic heterocycles. The summed E-state index contributed by atoms with van der Waals surface area (Å²) in [5.74, 6) is -0.893. The van der Waals surface area contributed by atoms with E-state index in [4.69, 9.17) is 9.47 Å². The molecule has 0 radical (unpaired) electrons. The predicted molar refractivity (Wildman–Crippen MR) is 85.3 cm³/mol. The van der Waals surface area contributed by atoms with E-state index < -0.39 is 17.9 Å². The lowest BCUT2D eigenvalue weighted by Crippen LogP contribution is -2.48. The molecular weight excluding hydrogens is 313 g/mol. The Morgan fingerprint density at radius 1 is 1.21 bits per heavy atom. The van der Waals surface area contributed by atoms with E-state index in [0.717, 1.165) is 0 Å². The highest BCUT2D eigenvalue weighted by molar-refractivity contribution is 5.97. The van der Waals surface area contributed by atoms with Crippen LogP contribution in [0.1, 0.15) is 5.56 Å². The molecule has 1 unspecified atom stereocenters. The largest absolute Gasteiger partial charge is 0.475 e. The van der Waals surface area contributed by atoms with Crippen molar-refractivity contribution in [1.29, 1.82) is 0 Å². The van der Waals surface area contributed by atoms with Crippen molar-refractivity contribution in [3.63, 3.8) is 0 Å². The van der Waals surface area contributed by atoms with Crippen molar-refractivity contribution in [2.75, 3.05) is 18.6 Å². The van der Waals surface area contributed by atoms with Gasteiger partial charge in [-0.05, 0) is 23.8 Å². The van der Waals surface area contributed by atoms with Crippen molar-refractivity contribution in [3.8, 4) is 5.75 Å². The molecule has 0 aliphatic carbocycles. The number of hydrogen-bond acceptors (Lipinski definition) is 4. The summed E-state index contributed by atoms with van der Waals surface area (Å²) >= 11 is 0. The maximum absolute atomic E-state index is 13.8. The van der Waals surface area contributed by atoms with Gasteiger partial charge in [0.2, 0.25) is 12.0 Å². The summed E-state index contributed by atoms with van der Waals surface area (Å²) in [6, 6.07) is 13.0. The molecule has 1 heterocycles. The Bertz CT molecular complexity index is 777. The normalized spacial score (nSPS) is 16.1. The first kappa shape index (κ1) is 16.0. The second-order valence-electron chi connectivity index (χ2n) is 5.37. The van der Waals surface area contributed by atoms with E-state index in [1.165, 1.54) is 18.1 Å². The number of amides is 1. The van der Waals surface area contributed by atoms with Crippen molar-refractivity contribution in [2.45, 2.75) is 12.5 Å². The molecule has 0 fully saturated rings. The van der Waals surface area contributed by atoms with Crippen LogP contribution in [0.2, 0.25) is 0 Å². The molecule has 24 heavy (non-hydrogen) atoms. The SMILES string of the molecule is COC(=O)C1CN(C(=O)Cc2ccccc2F)c2ccccc2O1. The minimum atomic E-state index is -0.908. The van der Waals surface area contributed by atoms with E-state index >= 15 is 0 Å². The van der Waals surface area contributed by atoms with Gasteiger partial charge >= 0.3 is 5.97 Å². The first-order valence-corrected chi connectivity index (χ1v) is 7.47. The lowest BCUT2D eigenvalue weighted by Gasteiger charge is -2.33.